The number of carbonyl (C=O) groups is 1. The van der Waals surface area contributed by atoms with E-state index in [0.29, 0.717) is 0 Å². The van der Waals surface area contributed by atoms with Crippen LogP contribution in [0.1, 0.15) is 37.1 Å². The van der Waals surface area contributed by atoms with Crippen molar-refractivity contribution in [2.75, 3.05) is 11.4 Å². The number of aryl methyl sites for hydroxylation is 1. The minimum absolute atomic E-state index is 0.0806. The fourth-order valence-electron chi connectivity index (χ4n) is 3.78. The van der Waals surface area contributed by atoms with Crippen molar-refractivity contribution in [2.24, 2.45) is 0 Å². The van der Waals surface area contributed by atoms with Gasteiger partial charge in [-0.15, -0.1) is 11.3 Å². The molecular formula is C17H20N3OS+. The number of amides is 1. The van der Waals surface area contributed by atoms with Gasteiger partial charge in [0.1, 0.15) is 0 Å². The van der Waals surface area contributed by atoms with Crippen LogP contribution in [0.25, 0.3) is 0 Å². The van der Waals surface area contributed by atoms with Gasteiger partial charge in [-0.05, 0) is 12.0 Å². The summed E-state index contributed by atoms with van der Waals surface area (Å²) < 4.78 is 0. The van der Waals surface area contributed by atoms with Gasteiger partial charge in [0, 0.05) is 30.0 Å². The summed E-state index contributed by atoms with van der Waals surface area (Å²) in [6.07, 6.45) is 5.04. The lowest BCUT2D eigenvalue weighted by molar-refractivity contribution is -0.924. The smallest absolute Gasteiger partial charge is 0.292 e. The van der Waals surface area contributed by atoms with Crippen LogP contribution in [-0.2, 0) is 11.2 Å². The summed E-state index contributed by atoms with van der Waals surface area (Å²) in [5.74, 6) is 0.243. The standard InChI is InChI=1S/C17H19N3OS/c1-2-12-5-7-13(8-6-12)15-19-10-3-4-14(19)16(21)20(15)17-18-9-11-22-17/h5-9,11,14-15H,2-4,10H2,1H3/p+1. The van der Waals surface area contributed by atoms with Crippen molar-refractivity contribution in [3.05, 3.63) is 47.0 Å². The quantitative estimate of drug-likeness (QED) is 0.938. The zero-order chi connectivity index (χ0) is 15.1. The molecule has 4 rings (SSSR count). The van der Waals surface area contributed by atoms with E-state index in [9.17, 15) is 4.79 Å². The highest BCUT2D eigenvalue weighted by atomic mass is 32.1. The van der Waals surface area contributed by atoms with Gasteiger partial charge in [-0.1, -0.05) is 31.2 Å². The largest absolute Gasteiger partial charge is 0.301 e. The first-order valence-electron chi connectivity index (χ1n) is 7.96. The summed E-state index contributed by atoms with van der Waals surface area (Å²) in [5.41, 5.74) is 2.56. The minimum Gasteiger partial charge on any atom is -0.301 e. The maximum atomic E-state index is 12.9. The average Bonchev–Trinajstić information content (AvgIpc) is 3.26. The Kier molecular flexibility index (Phi) is 3.47. The van der Waals surface area contributed by atoms with Gasteiger partial charge in [0.25, 0.3) is 5.91 Å². The van der Waals surface area contributed by atoms with Crippen molar-refractivity contribution in [1.82, 2.24) is 4.98 Å². The van der Waals surface area contributed by atoms with Crippen molar-refractivity contribution >= 4 is 22.4 Å². The molecule has 3 heterocycles. The van der Waals surface area contributed by atoms with E-state index in [4.69, 9.17) is 0 Å². The number of nitrogens with zero attached hydrogens (tertiary/aromatic N) is 2. The topological polar surface area (TPSA) is 37.6 Å². The molecule has 0 spiro atoms. The van der Waals surface area contributed by atoms with Crippen LogP contribution >= 0.6 is 11.3 Å². The number of thiazole rings is 1. The van der Waals surface area contributed by atoms with Crippen molar-refractivity contribution < 1.29 is 9.69 Å². The molecule has 5 heteroatoms. The van der Waals surface area contributed by atoms with Gasteiger partial charge in [0.2, 0.25) is 0 Å². The number of hydrogen-bond donors (Lipinski definition) is 1. The second-order valence-corrected chi connectivity index (χ2v) is 6.91. The van der Waals surface area contributed by atoms with E-state index < -0.39 is 0 Å². The van der Waals surface area contributed by atoms with Crippen LogP contribution < -0.4 is 9.80 Å². The van der Waals surface area contributed by atoms with Crippen LogP contribution in [0, 0.1) is 0 Å². The summed E-state index contributed by atoms with van der Waals surface area (Å²) in [5, 5.41) is 2.77. The Bertz CT molecular complexity index is 668. The molecule has 0 radical (unpaired) electrons. The lowest BCUT2D eigenvalue weighted by Crippen LogP contribution is -3.12. The average molecular weight is 314 g/mol. The van der Waals surface area contributed by atoms with E-state index in [1.54, 1.807) is 17.5 Å². The predicted octanol–water partition coefficient (Wildman–Crippen LogP) is 1.80. The number of rotatable bonds is 3. The molecule has 1 aromatic carbocycles. The molecule has 3 atom stereocenters. The van der Waals surface area contributed by atoms with Crippen LogP contribution in [0.3, 0.4) is 0 Å². The van der Waals surface area contributed by atoms with E-state index in [0.717, 1.165) is 30.9 Å². The third-order valence-electron chi connectivity index (χ3n) is 4.88. The predicted molar refractivity (Wildman–Crippen MR) is 87.0 cm³/mol. The molecule has 0 aliphatic carbocycles. The molecule has 0 bridgehead atoms. The Balaban J connectivity index is 1.76. The normalized spacial score (nSPS) is 27.4. The number of carbonyl (C=O) groups excluding carboxylic acids is 1. The second kappa shape index (κ2) is 5.48. The molecule has 4 nitrogen and oxygen atoms in total. The fraction of sp³-hybridized carbons (Fsp3) is 0.412. The Morgan fingerprint density at radius 1 is 1.36 bits per heavy atom. The van der Waals surface area contributed by atoms with Crippen molar-refractivity contribution in [3.8, 4) is 0 Å². The highest BCUT2D eigenvalue weighted by Gasteiger charge is 2.54. The van der Waals surface area contributed by atoms with Gasteiger partial charge >= 0.3 is 0 Å². The number of aromatic nitrogens is 1. The zero-order valence-electron chi connectivity index (χ0n) is 12.7. The van der Waals surface area contributed by atoms with E-state index in [2.05, 4.69) is 36.2 Å². The second-order valence-electron chi connectivity index (χ2n) is 6.04. The molecule has 1 amide bonds. The molecule has 114 valence electrons. The van der Waals surface area contributed by atoms with Gasteiger partial charge in [-0.25, -0.2) is 9.88 Å². The Labute approximate surface area is 134 Å². The number of anilines is 1. The van der Waals surface area contributed by atoms with Crippen LogP contribution in [0.5, 0.6) is 0 Å². The van der Waals surface area contributed by atoms with Gasteiger partial charge in [0.05, 0.1) is 6.54 Å². The van der Waals surface area contributed by atoms with Crippen molar-refractivity contribution in [1.29, 1.82) is 0 Å². The van der Waals surface area contributed by atoms with E-state index in [1.165, 1.54) is 16.0 Å². The summed E-state index contributed by atoms with van der Waals surface area (Å²) in [7, 11) is 0. The van der Waals surface area contributed by atoms with Crippen LogP contribution in [-0.4, -0.2) is 23.5 Å². The van der Waals surface area contributed by atoms with E-state index >= 15 is 0 Å². The molecule has 2 aliphatic rings. The highest BCUT2D eigenvalue weighted by molar-refractivity contribution is 7.13. The summed E-state index contributed by atoms with van der Waals surface area (Å²) >= 11 is 1.55. The van der Waals surface area contributed by atoms with Crippen molar-refractivity contribution in [2.45, 2.75) is 38.4 Å². The van der Waals surface area contributed by atoms with Gasteiger partial charge in [-0.2, -0.15) is 0 Å². The third-order valence-corrected chi connectivity index (χ3v) is 5.65. The molecule has 1 N–H and O–H groups in total. The number of benzene rings is 1. The van der Waals surface area contributed by atoms with Crippen LogP contribution in [0.4, 0.5) is 5.13 Å². The summed E-state index contributed by atoms with van der Waals surface area (Å²) in [6.45, 7) is 3.23. The molecule has 0 saturated carbocycles. The number of fused-ring (bicyclic) bond motifs is 1. The molecule has 2 saturated heterocycles. The van der Waals surface area contributed by atoms with Gasteiger partial charge in [0.15, 0.2) is 17.3 Å². The molecule has 1 aromatic heterocycles. The maximum absolute atomic E-state index is 12.9. The maximum Gasteiger partial charge on any atom is 0.292 e. The lowest BCUT2D eigenvalue weighted by Gasteiger charge is -2.24. The molecule has 22 heavy (non-hydrogen) atoms. The number of quaternary nitrogens is 1. The van der Waals surface area contributed by atoms with Gasteiger partial charge in [-0.3, -0.25) is 4.79 Å². The summed E-state index contributed by atoms with van der Waals surface area (Å²) in [6, 6.07) is 8.85. The Morgan fingerprint density at radius 3 is 2.86 bits per heavy atom. The summed E-state index contributed by atoms with van der Waals surface area (Å²) in [4.78, 5) is 20.6. The molecular weight excluding hydrogens is 294 g/mol. The molecule has 2 aliphatic heterocycles. The Morgan fingerprint density at radius 2 is 2.18 bits per heavy atom. The van der Waals surface area contributed by atoms with Crippen molar-refractivity contribution in [3.63, 3.8) is 0 Å². The fourth-order valence-corrected chi connectivity index (χ4v) is 4.45. The lowest BCUT2D eigenvalue weighted by atomic mass is 10.1. The number of nitrogens with one attached hydrogen (secondary N) is 1. The monoisotopic (exact) mass is 314 g/mol. The van der Waals surface area contributed by atoms with Crippen LogP contribution in [0.2, 0.25) is 0 Å². The first-order valence-corrected chi connectivity index (χ1v) is 8.84. The molecule has 2 fully saturated rings. The Hall–Kier alpha value is -1.72. The van der Waals surface area contributed by atoms with E-state index in [-0.39, 0.29) is 18.1 Å². The first-order chi connectivity index (χ1) is 10.8. The highest BCUT2D eigenvalue weighted by Crippen LogP contribution is 2.32. The van der Waals surface area contributed by atoms with E-state index in [1.807, 2.05) is 10.3 Å². The third kappa shape index (κ3) is 2.08. The minimum atomic E-state index is 0.0806. The van der Waals surface area contributed by atoms with Crippen LogP contribution in [0.15, 0.2) is 35.8 Å². The van der Waals surface area contributed by atoms with Gasteiger partial charge < -0.3 is 4.90 Å². The number of hydrogen-bond acceptors (Lipinski definition) is 3. The molecule has 2 aromatic rings. The zero-order valence-corrected chi connectivity index (χ0v) is 13.5. The SMILES string of the molecule is CCc1ccc(C2N(c3nccs3)C(=O)C3CCC[NH+]32)cc1. The molecule has 3 unspecified atom stereocenters. The first kappa shape index (κ1) is 13.9.